The Balaban J connectivity index is 1.46. The van der Waals surface area contributed by atoms with Gasteiger partial charge in [0.05, 0.1) is 10.8 Å². The molecule has 1 aromatic heterocycles. The average molecular weight is 375 g/mol. The highest BCUT2D eigenvalue weighted by Gasteiger charge is 2.29. The first-order valence-electron chi connectivity index (χ1n) is 8.33. The van der Waals surface area contributed by atoms with Crippen LogP contribution in [0.15, 0.2) is 41.8 Å². The molecule has 2 aromatic rings. The Hall–Kier alpha value is -2.54. The molecule has 0 radical (unpaired) electrons. The van der Waals surface area contributed by atoms with E-state index in [1.807, 2.05) is 11.4 Å². The third kappa shape index (κ3) is 4.35. The predicted molar refractivity (Wildman–Crippen MR) is 94.6 cm³/mol. The molecule has 1 fully saturated rings. The van der Waals surface area contributed by atoms with Gasteiger partial charge in [0.2, 0.25) is 0 Å². The number of ether oxygens (including phenoxy) is 1. The van der Waals surface area contributed by atoms with Crippen molar-refractivity contribution in [3.63, 3.8) is 0 Å². The van der Waals surface area contributed by atoms with Gasteiger partial charge in [-0.3, -0.25) is 14.4 Å². The zero-order chi connectivity index (χ0) is 18.5. The highest BCUT2D eigenvalue weighted by molar-refractivity contribution is 7.12. The Labute approximate surface area is 154 Å². The number of piperidine rings is 1. The molecule has 1 amide bonds. The minimum absolute atomic E-state index is 0.0203. The molecule has 3 rings (SSSR count). The molecule has 0 bridgehead atoms. The van der Waals surface area contributed by atoms with E-state index < -0.39 is 24.2 Å². The van der Waals surface area contributed by atoms with Gasteiger partial charge < -0.3 is 9.64 Å². The Bertz CT molecular complexity index is 798. The molecule has 1 aliphatic heterocycles. The number of carbonyl (C=O) groups excluding carboxylic acids is 3. The minimum atomic E-state index is -0.509. The summed E-state index contributed by atoms with van der Waals surface area (Å²) in [6.07, 6.45) is 1.01. The first kappa shape index (κ1) is 18.3. The second-order valence-corrected chi connectivity index (χ2v) is 7.03. The predicted octanol–water partition coefficient (Wildman–Crippen LogP) is 3.17. The van der Waals surface area contributed by atoms with E-state index in [-0.39, 0.29) is 17.4 Å². The van der Waals surface area contributed by atoms with Crippen LogP contribution in [0.4, 0.5) is 4.39 Å². The summed E-state index contributed by atoms with van der Waals surface area (Å²) in [7, 11) is 0. The topological polar surface area (TPSA) is 63.7 Å². The van der Waals surface area contributed by atoms with Crippen molar-refractivity contribution in [1.82, 2.24) is 4.90 Å². The van der Waals surface area contributed by atoms with Crippen molar-refractivity contribution >= 4 is 29.0 Å². The van der Waals surface area contributed by atoms with Crippen LogP contribution in [0, 0.1) is 11.7 Å². The van der Waals surface area contributed by atoms with Crippen molar-refractivity contribution in [2.45, 2.75) is 12.8 Å². The number of ketones is 1. The molecule has 136 valence electrons. The number of likely N-dealkylation sites (tertiary alicyclic amines) is 1. The number of esters is 1. The largest absolute Gasteiger partial charge is 0.457 e. The van der Waals surface area contributed by atoms with Gasteiger partial charge in [0, 0.05) is 18.7 Å². The molecule has 0 atom stereocenters. The van der Waals surface area contributed by atoms with Crippen LogP contribution < -0.4 is 0 Å². The first-order chi connectivity index (χ1) is 12.5. The number of thiophene rings is 1. The van der Waals surface area contributed by atoms with E-state index in [4.69, 9.17) is 4.74 Å². The molecule has 0 saturated carbocycles. The molecular weight excluding hydrogens is 357 g/mol. The molecule has 1 aromatic carbocycles. The molecule has 5 nitrogen and oxygen atoms in total. The van der Waals surface area contributed by atoms with Gasteiger partial charge in [-0.1, -0.05) is 18.2 Å². The fraction of sp³-hybridized carbons (Fsp3) is 0.316. The number of halogens is 1. The minimum Gasteiger partial charge on any atom is -0.457 e. The summed E-state index contributed by atoms with van der Waals surface area (Å²) >= 11 is 1.39. The van der Waals surface area contributed by atoms with E-state index in [0.29, 0.717) is 30.8 Å². The van der Waals surface area contributed by atoms with Gasteiger partial charge >= 0.3 is 5.97 Å². The molecule has 7 heteroatoms. The van der Waals surface area contributed by atoms with Gasteiger partial charge in [-0.05, 0) is 36.4 Å². The number of benzene rings is 1. The third-order valence-corrected chi connectivity index (χ3v) is 5.20. The second kappa shape index (κ2) is 8.23. The summed E-state index contributed by atoms with van der Waals surface area (Å²) in [5.74, 6) is -1.75. The molecule has 0 N–H and O–H groups in total. The summed E-state index contributed by atoms with van der Waals surface area (Å²) in [5, 5.41) is 1.85. The Morgan fingerprint density at radius 1 is 1.15 bits per heavy atom. The summed E-state index contributed by atoms with van der Waals surface area (Å²) in [5.41, 5.74) is 0.175. The fourth-order valence-electron chi connectivity index (χ4n) is 2.87. The summed E-state index contributed by atoms with van der Waals surface area (Å²) in [6.45, 7) is 0.555. The second-order valence-electron chi connectivity index (χ2n) is 6.09. The SMILES string of the molecule is O=C(COC(=O)C1CCN(C(=O)c2cccs2)CC1)c1cccc(F)c1. The monoisotopic (exact) mass is 375 g/mol. The molecule has 1 aliphatic rings. The van der Waals surface area contributed by atoms with Crippen molar-refractivity contribution in [1.29, 1.82) is 0 Å². The lowest BCUT2D eigenvalue weighted by Crippen LogP contribution is -2.40. The van der Waals surface area contributed by atoms with E-state index in [2.05, 4.69) is 0 Å². The molecule has 0 unspecified atom stereocenters. The summed E-state index contributed by atoms with van der Waals surface area (Å²) in [4.78, 5) is 38.8. The normalized spacial score (nSPS) is 14.9. The number of nitrogens with zero attached hydrogens (tertiary/aromatic N) is 1. The number of Topliss-reactive ketones (excluding diaryl/α,β-unsaturated/α-hetero) is 1. The number of hydrogen-bond donors (Lipinski definition) is 0. The fourth-order valence-corrected chi connectivity index (χ4v) is 3.56. The van der Waals surface area contributed by atoms with Crippen LogP contribution in [0.2, 0.25) is 0 Å². The molecular formula is C19H18FNO4S. The van der Waals surface area contributed by atoms with Gasteiger partial charge in [0.15, 0.2) is 12.4 Å². The van der Waals surface area contributed by atoms with Gasteiger partial charge in [0.1, 0.15) is 5.82 Å². The van der Waals surface area contributed by atoms with Gasteiger partial charge in [-0.25, -0.2) is 4.39 Å². The van der Waals surface area contributed by atoms with E-state index in [0.717, 1.165) is 6.07 Å². The maximum Gasteiger partial charge on any atom is 0.309 e. The third-order valence-electron chi connectivity index (χ3n) is 4.34. The van der Waals surface area contributed by atoms with Crippen LogP contribution in [-0.4, -0.2) is 42.3 Å². The standard InChI is InChI=1S/C19H18FNO4S/c20-15-4-1-3-14(11-15)16(22)12-25-19(24)13-6-8-21(9-7-13)18(23)17-5-2-10-26-17/h1-5,10-11,13H,6-9,12H2. The Morgan fingerprint density at radius 3 is 2.58 bits per heavy atom. The highest BCUT2D eigenvalue weighted by Crippen LogP contribution is 2.22. The highest BCUT2D eigenvalue weighted by atomic mass is 32.1. The lowest BCUT2D eigenvalue weighted by atomic mass is 9.97. The van der Waals surface area contributed by atoms with Crippen molar-refractivity contribution in [2.75, 3.05) is 19.7 Å². The summed E-state index contributed by atoms with van der Waals surface area (Å²) in [6, 6.07) is 8.89. The van der Waals surface area contributed by atoms with Crippen LogP contribution in [-0.2, 0) is 9.53 Å². The van der Waals surface area contributed by atoms with E-state index in [1.165, 1.54) is 29.5 Å². The van der Waals surface area contributed by atoms with Gasteiger partial charge in [0.25, 0.3) is 5.91 Å². The van der Waals surface area contributed by atoms with Gasteiger partial charge in [-0.2, -0.15) is 0 Å². The molecule has 0 spiro atoms. The maximum absolute atomic E-state index is 13.1. The number of amides is 1. The number of hydrogen-bond acceptors (Lipinski definition) is 5. The van der Waals surface area contributed by atoms with Crippen molar-refractivity contribution < 1.29 is 23.5 Å². The molecule has 0 aliphatic carbocycles. The van der Waals surface area contributed by atoms with E-state index in [9.17, 15) is 18.8 Å². The van der Waals surface area contributed by atoms with Crippen LogP contribution in [0.1, 0.15) is 32.9 Å². The van der Waals surface area contributed by atoms with Crippen LogP contribution in [0.25, 0.3) is 0 Å². The molecule has 1 saturated heterocycles. The van der Waals surface area contributed by atoms with E-state index >= 15 is 0 Å². The zero-order valence-corrected chi connectivity index (χ0v) is 14.8. The van der Waals surface area contributed by atoms with Crippen molar-refractivity contribution in [2.24, 2.45) is 5.92 Å². The number of rotatable bonds is 5. The van der Waals surface area contributed by atoms with Crippen molar-refractivity contribution in [3.05, 3.63) is 58.0 Å². The lowest BCUT2D eigenvalue weighted by Gasteiger charge is -2.30. The van der Waals surface area contributed by atoms with Crippen LogP contribution in [0.5, 0.6) is 0 Å². The van der Waals surface area contributed by atoms with E-state index in [1.54, 1.807) is 11.0 Å². The van der Waals surface area contributed by atoms with Crippen molar-refractivity contribution in [3.8, 4) is 0 Å². The lowest BCUT2D eigenvalue weighted by molar-refractivity contribution is -0.148. The smallest absolute Gasteiger partial charge is 0.309 e. The Kier molecular flexibility index (Phi) is 5.78. The molecule has 26 heavy (non-hydrogen) atoms. The quantitative estimate of drug-likeness (QED) is 0.595. The summed E-state index contributed by atoms with van der Waals surface area (Å²) < 4.78 is 18.2. The first-order valence-corrected chi connectivity index (χ1v) is 9.21. The Morgan fingerprint density at radius 2 is 1.92 bits per heavy atom. The van der Waals surface area contributed by atoms with Gasteiger partial charge in [-0.15, -0.1) is 11.3 Å². The maximum atomic E-state index is 13.1. The van der Waals surface area contributed by atoms with Crippen LogP contribution >= 0.6 is 11.3 Å². The van der Waals surface area contributed by atoms with Crippen LogP contribution in [0.3, 0.4) is 0 Å². The average Bonchev–Trinajstić information content (AvgIpc) is 3.20. The number of carbonyl (C=O) groups is 3. The zero-order valence-electron chi connectivity index (χ0n) is 14.0. The molecule has 2 heterocycles.